The number of hydrogen-bond acceptors (Lipinski definition) is 3. The van der Waals surface area contributed by atoms with E-state index < -0.39 is 17.5 Å². The first kappa shape index (κ1) is 13.7. The number of nitrogens with one attached hydrogen (secondary N) is 2. The fourth-order valence-electron chi connectivity index (χ4n) is 1.93. The van der Waals surface area contributed by atoms with Crippen LogP contribution >= 0.6 is 11.3 Å². The van der Waals surface area contributed by atoms with Crippen LogP contribution in [0, 0.1) is 17.5 Å². The van der Waals surface area contributed by atoms with E-state index in [0.29, 0.717) is 6.54 Å². The zero-order valence-electron chi connectivity index (χ0n) is 10.7. The van der Waals surface area contributed by atoms with Crippen LogP contribution < -0.4 is 5.32 Å². The number of aromatic amines is 1. The summed E-state index contributed by atoms with van der Waals surface area (Å²) in [5, 5.41) is 11.7. The molecule has 3 rings (SSSR count). The second-order valence-electron chi connectivity index (χ2n) is 4.35. The van der Waals surface area contributed by atoms with Crippen molar-refractivity contribution in [3.8, 4) is 10.6 Å². The van der Waals surface area contributed by atoms with E-state index in [0.717, 1.165) is 28.3 Å². The van der Waals surface area contributed by atoms with Gasteiger partial charge < -0.3 is 5.32 Å². The highest BCUT2D eigenvalue weighted by atomic mass is 32.1. The van der Waals surface area contributed by atoms with Crippen LogP contribution in [0.2, 0.25) is 0 Å². The lowest BCUT2D eigenvalue weighted by molar-refractivity contribution is 0.447. The number of anilines is 1. The normalized spacial score (nSPS) is 10.8. The molecule has 0 saturated carbocycles. The number of halogens is 3. The van der Waals surface area contributed by atoms with E-state index in [-0.39, 0.29) is 5.69 Å². The predicted octanol–water partition coefficient (Wildman–Crippen LogP) is 4.17. The third-order valence-corrected chi connectivity index (χ3v) is 3.84. The Morgan fingerprint density at radius 1 is 1.19 bits per heavy atom. The van der Waals surface area contributed by atoms with Gasteiger partial charge >= 0.3 is 0 Å². The van der Waals surface area contributed by atoms with E-state index in [1.165, 1.54) is 0 Å². The van der Waals surface area contributed by atoms with Crippen molar-refractivity contribution in [3.05, 3.63) is 58.9 Å². The number of thiophene rings is 1. The highest BCUT2D eigenvalue weighted by Crippen LogP contribution is 2.26. The number of hydrogen-bond donors (Lipinski definition) is 2. The van der Waals surface area contributed by atoms with E-state index in [1.54, 1.807) is 17.5 Å². The summed E-state index contributed by atoms with van der Waals surface area (Å²) in [5.74, 6) is -3.91. The van der Waals surface area contributed by atoms with Gasteiger partial charge in [0.15, 0.2) is 17.5 Å². The number of nitrogens with zero attached hydrogens (tertiary/aromatic N) is 1. The van der Waals surface area contributed by atoms with Gasteiger partial charge in [0.1, 0.15) is 0 Å². The number of H-pyrrole nitrogens is 1. The minimum absolute atomic E-state index is 0.171. The average molecular weight is 309 g/mol. The maximum Gasteiger partial charge on any atom is 0.194 e. The second-order valence-corrected chi connectivity index (χ2v) is 5.30. The van der Waals surface area contributed by atoms with Gasteiger partial charge in [0.25, 0.3) is 0 Å². The molecule has 108 valence electrons. The molecule has 21 heavy (non-hydrogen) atoms. The average Bonchev–Trinajstić information content (AvgIpc) is 3.12. The zero-order chi connectivity index (χ0) is 14.8. The molecule has 0 aliphatic rings. The molecule has 0 fully saturated rings. The maximum atomic E-state index is 13.1. The van der Waals surface area contributed by atoms with Gasteiger partial charge in [-0.1, -0.05) is 6.07 Å². The summed E-state index contributed by atoms with van der Waals surface area (Å²) < 4.78 is 39.2. The van der Waals surface area contributed by atoms with E-state index in [1.807, 2.05) is 17.5 Å². The molecule has 0 aliphatic heterocycles. The monoisotopic (exact) mass is 309 g/mol. The molecule has 2 aromatic heterocycles. The minimum Gasteiger partial charge on any atom is -0.381 e. The molecule has 0 unspecified atom stereocenters. The molecule has 0 bridgehead atoms. The Labute approximate surface area is 122 Å². The van der Waals surface area contributed by atoms with Gasteiger partial charge in [-0.3, -0.25) is 5.10 Å². The molecular weight excluding hydrogens is 299 g/mol. The third-order valence-electron chi connectivity index (χ3n) is 2.95. The van der Waals surface area contributed by atoms with Crippen LogP contribution in [-0.2, 0) is 6.54 Å². The van der Waals surface area contributed by atoms with E-state index in [4.69, 9.17) is 0 Å². The Kier molecular flexibility index (Phi) is 3.66. The molecule has 1 aromatic carbocycles. The van der Waals surface area contributed by atoms with Crippen molar-refractivity contribution >= 4 is 17.0 Å². The quantitative estimate of drug-likeness (QED) is 0.710. The van der Waals surface area contributed by atoms with E-state index >= 15 is 0 Å². The summed E-state index contributed by atoms with van der Waals surface area (Å²) >= 11 is 1.55. The van der Waals surface area contributed by atoms with Crippen molar-refractivity contribution < 1.29 is 13.2 Å². The smallest absolute Gasteiger partial charge is 0.194 e. The number of benzene rings is 1. The van der Waals surface area contributed by atoms with Crippen LogP contribution in [0.5, 0.6) is 0 Å². The lowest BCUT2D eigenvalue weighted by Crippen LogP contribution is -2.02. The van der Waals surface area contributed by atoms with Crippen LogP contribution in [0.15, 0.2) is 35.8 Å². The standard InChI is InChI=1S/C14H10F3N3S/c15-10-4-9(5-11(16)13(10)17)18-6-8-7-19-20-14(8)12-2-1-3-21-12/h1-5,7,18H,6H2,(H,19,20). The first-order valence-corrected chi connectivity index (χ1v) is 6.97. The Morgan fingerprint density at radius 3 is 2.62 bits per heavy atom. The Balaban J connectivity index is 1.79. The molecule has 0 radical (unpaired) electrons. The zero-order valence-corrected chi connectivity index (χ0v) is 11.5. The lowest BCUT2D eigenvalue weighted by Gasteiger charge is -2.07. The molecule has 0 amide bonds. The summed E-state index contributed by atoms with van der Waals surface area (Å²) in [6.45, 7) is 0.314. The first-order chi connectivity index (χ1) is 10.1. The van der Waals surface area contributed by atoms with Crippen LogP contribution in [0.4, 0.5) is 18.9 Å². The van der Waals surface area contributed by atoms with Crippen LogP contribution in [-0.4, -0.2) is 10.2 Å². The van der Waals surface area contributed by atoms with Gasteiger partial charge in [0.05, 0.1) is 16.8 Å². The van der Waals surface area contributed by atoms with Crippen LogP contribution in [0.25, 0.3) is 10.6 Å². The summed E-state index contributed by atoms with van der Waals surface area (Å²) in [4.78, 5) is 1.01. The van der Waals surface area contributed by atoms with Crippen molar-refractivity contribution in [2.45, 2.75) is 6.54 Å². The fourth-order valence-corrected chi connectivity index (χ4v) is 2.69. The molecule has 3 nitrogen and oxygen atoms in total. The van der Waals surface area contributed by atoms with Crippen LogP contribution in [0.3, 0.4) is 0 Å². The number of rotatable bonds is 4. The van der Waals surface area contributed by atoms with Crippen molar-refractivity contribution in [3.63, 3.8) is 0 Å². The molecule has 2 heterocycles. The Hall–Kier alpha value is -2.28. The number of aromatic nitrogens is 2. The van der Waals surface area contributed by atoms with Crippen LogP contribution in [0.1, 0.15) is 5.56 Å². The molecule has 0 saturated heterocycles. The minimum atomic E-state index is -1.47. The van der Waals surface area contributed by atoms with Crippen molar-refractivity contribution in [1.29, 1.82) is 0 Å². The summed E-state index contributed by atoms with van der Waals surface area (Å²) in [5.41, 5.74) is 1.87. The van der Waals surface area contributed by atoms with Gasteiger partial charge in [-0.15, -0.1) is 11.3 Å². The molecule has 7 heteroatoms. The van der Waals surface area contributed by atoms with Gasteiger partial charge in [0.2, 0.25) is 0 Å². The summed E-state index contributed by atoms with van der Waals surface area (Å²) in [7, 11) is 0. The molecule has 3 aromatic rings. The maximum absolute atomic E-state index is 13.1. The SMILES string of the molecule is Fc1cc(NCc2cn[nH]c2-c2cccs2)cc(F)c1F. The molecule has 0 spiro atoms. The van der Waals surface area contributed by atoms with Gasteiger partial charge in [0, 0.05) is 29.9 Å². The Morgan fingerprint density at radius 2 is 1.95 bits per heavy atom. The predicted molar refractivity (Wildman–Crippen MR) is 75.5 cm³/mol. The molecule has 0 aliphatic carbocycles. The summed E-state index contributed by atoms with van der Waals surface area (Å²) in [6.07, 6.45) is 1.64. The second kappa shape index (κ2) is 5.61. The first-order valence-electron chi connectivity index (χ1n) is 6.09. The fraction of sp³-hybridized carbons (Fsp3) is 0.0714. The highest BCUT2D eigenvalue weighted by molar-refractivity contribution is 7.13. The van der Waals surface area contributed by atoms with Crippen molar-refractivity contribution in [2.75, 3.05) is 5.32 Å². The van der Waals surface area contributed by atoms with Gasteiger partial charge in [-0.05, 0) is 11.4 Å². The third kappa shape index (κ3) is 2.78. The lowest BCUT2D eigenvalue weighted by atomic mass is 10.2. The van der Waals surface area contributed by atoms with Gasteiger partial charge in [-0.2, -0.15) is 5.10 Å². The van der Waals surface area contributed by atoms with Crippen molar-refractivity contribution in [1.82, 2.24) is 10.2 Å². The van der Waals surface area contributed by atoms with E-state index in [2.05, 4.69) is 15.5 Å². The Bertz CT molecular complexity index is 730. The van der Waals surface area contributed by atoms with E-state index in [9.17, 15) is 13.2 Å². The molecule has 0 atom stereocenters. The largest absolute Gasteiger partial charge is 0.381 e. The summed E-state index contributed by atoms with van der Waals surface area (Å²) in [6, 6.07) is 5.70. The topological polar surface area (TPSA) is 40.7 Å². The van der Waals surface area contributed by atoms with Gasteiger partial charge in [-0.25, -0.2) is 13.2 Å². The highest BCUT2D eigenvalue weighted by Gasteiger charge is 2.12. The molecule has 2 N–H and O–H groups in total. The van der Waals surface area contributed by atoms with Crippen molar-refractivity contribution in [2.24, 2.45) is 0 Å². The molecular formula is C14H10F3N3S.